The largest absolute Gasteiger partial charge is 0.419 e. The van der Waals surface area contributed by atoms with Gasteiger partial charge >= 0.3 is 6.18 Å². The predicted molar refractivity (Wildman–Crippen MR) is 97.3 cm³/mol. The monoisotopic (exact) mass is 404 g/mol. The van der Waals surface area contributed by atoms with Gasteiger partial charge in [0.05, 0.1) is 11.3 Å². The number of nitrogens with zero attached hydrogens (tertiary/aromatic N) is 3. The number of aromatic amines is 1. The molecule has 2 aromatic heterocycles. The Kier molecular flexibility index (Phi) is 4.91. The number of rotatable bonds is 3. The molecule has 0 spiro atoms. The van der Waals surface area contributed by atoms with Crippen molar-refractivity contribution in [1.29, 1.82) is 0 Å². The molecule has 1 aliphatic heterocycles. The Morgan fingerprint density at radius 2 is 1.90 bits per heavy atom. The Balaban J connectivity index is 1.61. The minimum atomic E-state index is -4.75. The molecule has 0 saturated carbocycles. The van der Waals surface area contributed by atoms with Gasteiger partial charge in [-0.15, -0.1) is 0 Å². The topological polar surface area (TPSA) is 61.9 Å². The molecule has 9 heteroatoms. The van der Waals surface area contributed by atoms with E-state index < -0.39 is 17.6 Å². The summed E-state index contributed by atoms with van der Waals surface area (Å²) in [6.07, 6.45) is -1.20. The summed E-state index contributed by atoms with van der Waals surface area (Å²) in [6.45, 7) is 0.656. The lowest BCUT2D eigenvalue weighted by molar-refractivity contribution is -0.140. The fourth-order valence-electron chi connectivity index (χ4n) is 3.44. The summed E-state index contributed by atoms with van der Waals surface area (Å²) in [4.78, 5) is 25.4. The van der Waals surface area contributed by atoms with Crippen LogP contribution in [0.3, 0.4) is 0 Å². The summed E-state index contributed by atoms with van der Waals surface area (Å²) in [7, 11) is 0. The molecule has 0 saturated heterocycles. The average molecular weight is 404 g/mol. The van der Waals surface area contributed by atoms with Gasteiger partial charge in [-0.05, 0) is 24.6 Å². The molecule has 0 unspecified atom stereocenters. The third-order valence-corrected chi connectivity index (χ3v) is 4.88. The molecule has 3 aromatic rings. The summed E-state index contributed by atoms with van der Waals surface area (Å²) in [5.41, 5.74) is 0.222. The lowest BCUT2D eigenvalue weighted by atomic mass is 10.0. The van der Waals surface area contributed by atoms with Gasteiger partial charge in [0.2, 0.25) is 0 Å². The van der Waals surface area contributed by atoms with Crippen molar-refractivity contribution in [1.82, 2.24) is 19.9 Å². The average Bonchev–Trinajstić information content (AvgIpc) is 2.69. The molecule has 0 radical (unpaired) electrons. The number of nitrogens with one attached hydrogen (secondary N) is 1. The van der Waals surface area contributed by atoms with Crippen LogP contribution < -0.4 is 5.56 Å². The zero-order chi connectivity index (χ0) is 20.6. The second-order valence-electron chi connectivity index (χ2n) is 6.81. The van der Waals surface area contributed by atoms with Crippen molar-refractivity contribution in [2.75, 3.05) is 6.54 Å². The van der Waals surface area contributed by atoms with Crippen LogP contribution in [0.2, 0.25) is 0 Å². The van der Waals surface area contributed by atoms with Crippen LogP contribution in [0.15, 0.2) is 47.5 Å². The van der Waals surface area contributed by atoms with E-state index in [1.807, 2.05) is 0 Å². The van der Waals surface area contributed by atoms with E-state index in [4.69, 9.17) is 0 Å². The molecule has 3 heterocycles. The fraction of sp³-hybridized carbons (Fsp3) is 0.250. The molecule has 150 valence electrons. The lowest BCUT2D eigenvalue weighted by Gasteiger charge is -2.28. The number of alkyl halides is 3. The molecule has 1 aromatic carbocycles. The second-order valence-corrected chi connectivity index (χ2v) is 6.81. The van der Waals surface area contributed by atoms with Crippen LogP contribution in [-0.4, -0.2) is 26.4 Å². The maximum atomic E-state index is 14.3. The maximum Gasteiger partial charge on any atom is 0.419 e. The van der Waals surface area contributed by atoms with E-state index in [0.29, 0.717) is 35.6 Å². The van der Waals surface area contributed by atoms with Gasteiger partial charge in [-0.3, -0.25) is 14.7 Å². The molecule has 1 N–H and O–H groups in total. The third-order valence-electron chi connectivity index (χ3n) is 4.88. The second kappa shape index (κ2) is 7.40. The van der Waals surface area contributed by atoms with E-state index in [9.17, 15) is 22.4 Å². The van der Waals surface area contributed by atoms with Crippen molar-refractivity contribution in [2.24, 2.45) is 0 Å². The molecular weight excluding hydrogens is 388 g/mol. The van der Waals surface area contributed by atoms with Crippen molar-refractivity contribution in [3.8, 4) is 11.4 Å². The number of hydrogen-bond acceptors (Lipinski definition) is 4. The molecule has 0 bridgehead atoms. The zero-order valence-corrected chi connectivity index (χ0v) is 15.1. The molecule has 0 amide bonds. The first-order valence-corrected chi connectivity index (χ1v) is 8.92. The van der Waals surface area contributed by atoms with Crippen LogP contribution in [0.5, 0.6) is 0 Å². The van der Waals surface area contributed by atoms with Crippen molar-refractivity contribution in [3.63, 3.8) is 0 Å². The quantitative estimate of drug-likeness (QED) is 0.679. The van der Waals surface area contributed by atoms with Crippen molar-refractivity contribution < 1.29 is 17.6 Å². The Bertz CT molecular complexity index is 1100. The van der Waals surface area contributed by atoms with E-state index in [1.165, 1.54) is 12.1 Å². The van der Waals surface area contributed by atoms with Gasteiger partial charge in [-0.25, -0.2) is 9.37 Å². The van der Waals surface area contributed by atoms with E-state index >= 15 is 0 Å². The maximum absolute atomic E-state index is 14.3. The number of halogens is 4. The summed E-state index contributed by atoms with van der Waals surface area (Å²) in [6, 6.07) is 6.69. The normalized spacial score (nSPS) is 14.6. The van der Waals surface area contributed by atoms with Crippen LogP contribution in [0, 0.1) is 5.82 Å². The standard InChI is InChI=1S/C20H16F4N4O/c21-17-13(2-1-3-15(17)20(22,23)24)10-28-9-6-14-16(11-28)26-18(27-19(14)29)12-4-7-25-8-5-12/h1-5,7-8H,6,9-11H2,(H,26,27,29). The van der Waals surface area contributed by atoms with Gasteiger partial charge in [0.1, 0.15) is 11.6 Å². The molecule has 29 heavy (non-hydrogen) atoms. The van der Waals surface area contributed by atoms with Crippen molar-refractivity contribution in [2.45, 2.75) is 25.7 Å². The van der Waals surface area contributed by atoms with Crippen molar-refractivity contribution in [3.05, 3.63) is 81.3 Å². The third kappa shape index (κ3) is 3.91. The molecule has 0 atom stereocenters. The Morgan fingerprint density at radius 3 is 2.62 bits per heavy atom. The van der Waals surface area contributed by atoms with Gasteiger partial charge in [-0.2, -0.15) is 13.2 Å². The highest BCUT2D eigenvalue weighted by atomic mass is 19.4. The highest BCUT2D eigenvalue weighted by molar-refractivity contribution is 5.54. The van der Waals surface area contributed by atoms with Gasteiger partial charge < -0.3 is 4.98 Å². The highest BCUT2D eigenvalue weighted by Crippen LogP contribution is 2.33. The summed E-state index contributed by atoms with van der Waals surface area (Å²) >= 11 is 0. The number of fused-ring (bicyclic) bond motifs is 1. The minimum Gasteiger partial charge on any atom is -0.306 e. The van der Waals surface area contributed by atoms with E-state index in [0.717, 1.165) is 6.07 Å². The van der Waals surface area contributed by atoms with Crippen LogP contribution >= 0.6 is 0 Å². The molecular formula is C20H16F4N4O. The first kappa shape index (κ1) is 19.3. The minimum absolute atomic E-state index is 0.00569. The van der Waals surface area contributed by atoms with Crippen LogP contribution in [0.4, 0.5) is 17.6 Å². The molecule has 0 fully saturated rings. The van der Waals surface area contributed by atoms with Crippen LogP contribution in [0.1, 0.15) is 22.4 Å². The van der Waals surface area contributed by atoms with Gasteiger partial charge in [0.15, 0.2) is 0 Å². The summed E-state index contributed by atoms with van der Waals surface area (Å²) < 4.78 is 53.2. The molecule has 5 nitrogen and oxygen atoms in total. The van der Waals surface area contributed by atoms with Crippen LogP contribution in [0.25, 0.3) is 11.4 Å². The van der Waals surface area contributed by atoms with E-state index in [-0.39, 0.29) is 24.2 Å². The van der Waals surface area contributed by atoms with Crippen LogP contribution in [-0.2, 0) is 25.7 Å². The predicted octanol–water partition coefficient (Wildman–Crippen LogP) is 3.55. The van der Waals surface area contributed by atoms with Crippen molar-refractivity contribution >= 4 is 0 Å². The van der Waals surface area contributed by atoms with Gasteiger partial charge in [0.25, 0.3) is 5.56 Å². The molecule has 0 aliphatic carbocycles. The number of hydrogen-bond donors (Lipinski definition) is 1. The van der Waals surface area contributed by atoms with Gasteiger partial charge in [-0.1, -0.05) is 12.1 Å². The Morgan fingerprint density at radius 1 is 1.14 bits per heavy atom. The number of H-pyrrole nitrogens is 1. The zero-order valence-electron chi connectivity index (χ0n) is 15.1. The SMILES string of the molecule is O=c1[nH]c(-c2ccncc2)nc2c1CCN(Cc1cccc(C(F)(F)F)c1F)C2. The van der Waals surface area contributed by atoms with E-state index in [2.05, 4.69) is 15.0 Å². The first-order valence-electron chi connectivity index (χ1n) is 8.92. The van der Waals surface area contributed by atoms with Gasteiger partial charge in [0, 0.05) is 48.7 Å². The summed E-state index contributed by atoms with van der Waals surface area (Å²) in [5, 5.41) is 0. The Hall–Kier alpha value is -3.07. The number of benzene rings is 1. The summed E-state index contributed by atoms with van der Waals surface area (Å²) in [5.74, 6) is -0.870. The Labute approximate surface area is 163 Å². The number of aromatic nitrogens is 3. The fourth-order valence-corrected chi connectivity index (χ4v) is 3.44. The highest BCUT2D eigenvalue weighted by Gasteiger charge is 2.35. The number of pyridine rings is 1. The van der Waals surface area contributed by atoms with E-state index in [1.54, 1.807) is 29.4 Å². The molecule has 4 rings (SSSR count). The first-order chi connectivity index (χ1) is 13.8. The lowest BCUT2D eigenvalue weighted by Crippen LogP contribution is -2.35. The smallest absolute Gasteiger partial charge is 0.306 e. The molecule has 1 aliphatic rings.